The first kappa shape index (κ1) is 20.7. The molecule has 1 aliphatic carbocycles. The van der Waals surface area contributed by atoms with Gasteiger partial charge >= 0.3 is 0 Å². The molecule has 1 fully saturated rings. The number of fused-ring (bicyclic) bond motifs is 1. The molecule has 0 aromatic heterocycles. The second-order valence-corrected chi connectivity index (χ2v) is 9.35. The summed E-state index contributed by atoms with van der Waals surface area (Å²) in [4.78, 5) is 15.2. The number of benzene rings is 2. The molecule has 4 rings (SSSR count). The normalized spacial score (nSPS) is 16.5. The highest BCUT2D eigenvalue weighted by atomic mass is 32.2. The van der Waals surface area contributed by atoms with Crippen LogP contribution in [-0.2, 0) is 16.4 Å². The van der Waals surface area contributed by atoms with Crippen LogP contribution in [0.1, 0.15) is 41.6 Å². The molecule has 0 atom stereocenters. The number of methoxy groups -OCH3 is 2. The van der Waals surface area contributed by atoms with Crippen molar-refractivity contribution in [2.75, 3.05) is 25.7 Å². The van der Waals surface area contributed by atoms with Crippen molar-refractivity contribution in [1.29, 1.82) is 0 Å². The van der Waals surface area contributed by atoms with Crippen LogP contribution in [0.3, 0.4) is 0 Å². The summed E-state index contributed by atoms with van der Waals surface area (Å²) in [5, 5.41) is 0. The van der Waals surface area contributed by atoms with Crippen molar-refractivity contribution in [1.82, 2.24) is 4.72 Å². The van der Waals surface area contributed by atoms with Crippen LogP contribution in [-0.4, -0.2) is 41.1 Å². The highest BCUT2D eigenvalue weighted by Crippen LogP contribution is 2.36. The molecule has 0 radical (unpaired) electrons. The van der Waals surface area contributed by atoms with E-state index in [-0.39, 0.29) is 16.8 Å². The standard InChI is InChI=1S/C22H26N2O5S/c1-28-19-8-5-9-20(29-2)21(19)22(25)24-13-12-15-14-17(10-11-18(15)24)30(26,27)23-16-6-3-4-7-16/h5,8-11,14,16,23H,3-4,6-7,12-13H2,1-2H3. The number of carbonyl (C=O) groups excluding carboxylic acids is 1. The highest BCUT2D eigenvalue weighted by molar-refractivity contribution is 7.89. The van der Waals surface area contributed by atoms with Gasteiger partial charge in [-0.05, 0) is 55.2 Å². The van der Waals surface area contributed by atoms with Gasteiger partial charge in [-0.3, -0.25) is 4.79 Å². The molecule has 2 aliphatic rings. The molecular formula is C22H26N2O5S. The fourth-order valence-corrected chi connectivity index (χ4v) is 5.64. The van der Waals surface area contributed by atoms with E-state index >= 15 is 0 Å². The maximum Gasteiger partial charge on any atom is 0.265 e. The summed E-state index contributed by atoms with van der Waals surface area (Å²) in [6.45, 7) is 0.467. The topological polar surface area (TPSA) is 84.9 Å². The molecular weight excluding hydrogens is 404 g/mol. The summed E-state index contributed by atoms with van der Waals surface area (Å²) in [5.41, 5.74) is 1.91. The van der Waals surface area contributed by atoms with Gasteiger partial charge in [0.2, 0.25) is 10.0 Å². The monoisotopic (exact) mass is 430 g/mol. The highest BCUT2D eigenvalue weighted by Gasteiger charge is 2.31. The minimum atomic E-state index is -3.57. The molecule has 2 aromatic carbocycles. The largest absolute Gasteiger partial charge is 0.496 e. The third kappa shape index (κ3) is 3.77. The van der Waals surface area contributed by atoms with Crippen LogP contribution >= 0.6 is 0 Å². The number of nitrogens with one attached hydrogen (secondary N) is 1. The molecule has 160 valence electrons. The van der Waals surface area contributed by atoms with E-state index in [9.17, 15) is 13.2 Å². The predicted molar refractivity (Wildman–Crippen MR) is 114 cm³/mol. The number of anilines is 1. The van der Waals surface area contributed by atoms with Gasteiger partial charge in [-0.25, -0.2) is 13.1 Å². The Morgan fingerprint density at radius 1 is 1.07 bits per heavy atom. The van der Waals surface area contributed by atoms with Gasteiger partial charge in [0.1, 0.15) is 17.1 Å². The number of rotatable bonds is 6. The summed E-state index contributed by atoms with van der Waals surface area (Å²) in [6, 6.07) is 10.2. The SMILES string of the molecule is COc1cccc(OC)c1C(=O)N1CCc2cc(S(=O)(=O)NC3CCCC3)ccc21. The number of hydrogen-bond acceptors (Lipinski definition) is 5. The summed E-state index contributed by atoms with van der Waals surface area (Å²) in [7, 11) is -0.546. The molecule has 1 N–H and O–H groups in total. The lowest BCUT2D eigenvalue weighted by Crippen LogP contribution is -2.32. The smallest absolute Gasteiger partial charge is 0.265 e. The second kappa shape index (κ2) is 8.28. The molecule has 30 heavy (non-hydrogen) atoms. The maximum atomic E-state index is 13.3. The van der Waals surface area contributed by atoms with Crippen LogP contribution in [0.25, 0.3) is 0 Å². The van der Waals surface area contributed by atoms with Gasteiger partial charge in [0.25, 0.3) is 5.91 Å². The van der Waals surface area contributed by atoms with Crippen molar-refractivity contribution in [2.24, 2.45) is 0 Å². The zero-order chi connectivity index (χ0) is 21.3. The molecule has 1 heterocycles. The van der Waals surface area contributed by atoms with E-state index in [2.05, 4.69) is 4.72 Å². The number of ether oxygens (including phenoxy) is 2. The Kier molecular flexibility index (Phi) is 5.71. The van der Waals surface area contributed by atoms with Crippen LogP contribution in [0, 0.1) is 0 Å². The van der Waals surface area contributed by atoms with Gasteiger partial charge < -0.3 is 14.4 Å². The lowest BCUT2D eigenvalue weighted by Gasteiger charge is -2.21. The Bertz CT molecular complexity index is 1040. The van der Waals surface area contributed by atoms with Crippen LogP contribution in [0.5, 0.6) is 11.5 Å². The van der Waals surface area contributed by atoms with Gasteiger partial charge in [-0.1, -0.05) is 18.9 Å². The number of carbonyl (C=O) groups is 1. The Labute approximate surface area is 177 Å². The summed E-state index contributed by atoms with van der Waals surface area (Å²) >= 11 is 0. The van der Waals surface area contributed by atoms with Crippen molar-refractivity contribution in [3.05, 3.63) is 47.5 Å². The van der Waals surface area contributed by atoms with E-state index in [0.717, 1.165) is 31.2 Å². The number of nitrogens with zero attached hydrogens (tertiary/aromatic N) is 1. The first-order chi connectivity index (χ1) is 14.4. The molecule has 0 saturated heterocycles. The molecule has 0 unspecified atom stereocenters. The zero-order valence-electron chi connectivity index (χ0n) is 17.2. The third-order valence-corrected chi connectivity index (χ3v) is 7.34. The number of amides is 1. The minimum absolute atomic E-state index is 0.0133. The van der Waals surface area contributed by atoms with Crippen LogP contribution < -0.4 is 19.1 Å². The summed E-state index contributed by atoms with van der Waals surface area (Å²) < 4.78 is 39.1. The van der Waals surface area contributed by atoms with Gasteiger partial charge in [0, 0.05) is 18.3 Å². The number of sulfonamides is 1. The van der Waals surface area contributed by atoms with Gasteiger partial charge in [-0.15, -0.1) is 0 Å². The fraction of sp³-hybridized carbons (Fsp3) is 0.409. The van der Waals surface area contributed by atoms with Gasteiger partial charge in [0.15, 0.2) is 0 Å². The molecule has 0 bridgehead atoms. The predicted octanol–water partition coefficient (Wildman–Crippen LogP) is 3.13. The van der Waals surface area contributed by atoms with Crippen molar-refractivity contribution in [3.63, 3.8) is 0 Å². The Morgan fingerprint density at radius 3 is 2.37 bits per heavy atom. The lowest BCUT2D eigenvalue weighted by atomic mass is 10.1. The quantitative estimate of drug-likeness (QED) is 0.761. The molecule has 1 amide bonds. The number of hydrogen-bond donors (Lipinski definition) is 1. The summed E-state index contributed by atoms with van der Waals surface area (Å²) in [6.07, 6.45) is 4.47. The van der Waals surface area contributed by atoms with Crippen LogP contribution in [0.15, 0.2) is 41.3 Å². The van der Waals surface area contributed by atoms with E-state index < -0.39 is 10.0 Å². The second-order valence-electron chi connectivity index (χ2n) is 7.64. The first-order valence-corrected chi connectivity index (χ1v) is 11.6. The summed E-state index contributed by atoms with van der Waals surface area (Å²) in [5.74, 6) is 0.642. The van der Waals surface area contributed by atoms with Crippen molar-refractivity contribution in [3.8, 4) is 11.5 Å². The fourth-order valence-electron chi connectivity index (χ4n) is 4.28. The van der Waals surface area contributed by atoms with Crippen LogP contribution in [0.4, 0.5) is 5.69 Å². The minimum Gasteiger partial charge on any atom is -0.496 e. The van der Waals surface area contributed by atoms with Crippen molar-refractivity contribution >= 4 is 21.6 Å². The Morgan fingerprint density at radius 2 is 1.73 bits per heavy atom. The molecule has 1 aliphatic heterocycles. The van der Waals surface area contributed by atoms with Crippen LogP contribution in [0.2, 0.25) is 0 Å². The van der Waals surface area contributed by atoms with E-state index in [4.69, 9.17) is 9.47 Å². The molecule has 8 heteroatoms. The maximum absolute atomic E-state index is 13.3. The first-order valence-electron chi connectivity index (χ1n) is 10.1. The Hall–Kier alpha value is -2.58. The van der Waals surface area contributed by atoms with Gasteiger partial charge in [0.05, 0.1) is 19.1 Å². The van der Waals surface area contributed by atoms with Crippen molar-refractivity contribution < 1.29 is 22.7 Å². The zero-order valence-corrected chi connectivity index (χ0v) is 18.0. The van der Waals surface area contributed by atoms with E-state index in [1.165, 1.54) is 14.2 Å². The van der Waals surface area contributed by atoms with E-state index in [1.807, 2.05) is 0 Å². The molecule has 0 spiro atoms. The van der Waals surface area contributed by atoms with E-state index in [0.29, 0.717) is 35.7 Å². The average Bonchev–Trinajstić information content (AvgIpc) is 3.41. The van der Waals surface area contributed by atoms with E-state index in [1.54, 1.807) is 41.3 Å². The molecule has 7 nitrogen and oxygen atoms in total. The van der Waals surface area contributed by atoms with Gasteiger partial charge in [-0.2, -0.15) is 0 Å². The molecule has 2 aromatic rings. The van der Waals surface area contributed by atoms with Crippen molar-refractivity contribution in [2.45, 2.75) is 43.0 Å². The lowest BCUT2D eigenvalue weighted by molar-refractivity contribution is 0.0983. The average molecular weight is 431 g/mol. The Balaban J connectivity index is 1.62. The molecule has 1 saturated carbocycles. The third-order valence-electron chi connectivity index (χ3n) is 5.82.